The van der Waals surface area contributed by atoms with E-state index in [2.05, 4.69) is 0 Å². The fourth-order valence-electron chi connectivity index (χ4n) is 2.18. The molecule has 0 aromatic heterocycles. The van der Waals surface area contributed by atoms with Crippen molar-refractivity contribution in [1.29, 1.82) is 0 Å². The summed E-state index contributed by atoms with van der Waals surface area (Å²) in [5.74, 6) is 0.0975. The Bertz CT molecular complexity index is 674. The van der Waals surface area contributed by atoms with Crippen LogP contribution in [0, 0.1) is 0 Å². The third-order valence-electron chi connectivity index (χ3n) is 3.25. The molecule has 0 radical (unpaired) electrons. The number of nitrogens with zero attached hydrogens (tertiary/aromatic N) is 1. The van der Waals surface area contributed by atoms with E-state index in [0.29, 0.717) is 24.7 Å². The minimum absolute atomic E-state index is 0.0144. The molecule has 0 bridgehead atoms. The highest BCUT2D eigenvalue weighted by atomic mass is 32.2. The predicted molar refractivity (Wildman–Crippen MR) is 75.2 cm³/mol. The third kappa shape index (κ3) is 2.56. The Morgan fingerprint density at radius 3 is 2.71 bits per heavy atom. The number of hydrogen-bond acceptors (Lipinski definition) is 6. The molecule has 0 saturated carbocycles. The van der Waals surface area contributed by atoms with Crippen LogP contribution in [0.2, 0.25) is 0 Å². The van der Waals surface area contributed by atoms with Gasteiger partial charge in [-0.25, -0.2) is 8.42 Å². The first-order valence-electron chi connectivity index (χ1n) is 6.22. The number of hydrogen-bond donors (Lipinski definition) is 1. The third-order valence-corrected chi connectivity index (χ3v) is 6.27. The van der Waals surface area contributed by atoms with Crippen LogP contribution in [0.15, 0.2) is 23.1 Å². The lowest BCUT2D eigenvalue weighted by Crippen LogP contribution is -2.41. The van der Waals surface area contributed by atoms with Gasteiger partial charge < -0.3 is 14.6 Å². The van der Waals surface area contributed by atoms with E-state index in [0.717, 1.165) is 4.31 Å². The molecule has 9 heteroatoms. The van der Waals surface area contributed by atoms with E-state index in [1.807, 2.05) is 0 Å². The highest BCUT2D eigenvalue weighted by Gasteiger charge is 2.40. The van der Waals surface area contributed by atoms with Crippen molar-refractivity contribution in [2.45, 2.75) is 10.9 Å². The number of sulfonamides is 1. The Kier molecular flexibility index (Phi) is 3.72. The summed E-state index contributed by atoms with van der Waals surface area (Å²) in [6.07, 6.45) is 0. The molecule has 1 atom stereocenters. The maximum atomic E-state index is 12.6. The second-order valence-electron chi connectivity index (χ2n) is 4.55. The summed E-state index contributed by atoms with van der Waals surface area (Å²) < 4.78 is 36.9. The molecule has 1 aromatic rings. The van der Waals surface area contributed by atoms with Crippen LogP contribution in [0.1, 0.15) is 0 Å². The molecule has 3 rings (SSSR count). The quantitative estimate of drug-likeness (QED) is 0.867. The summed E-state index contributed by atoms with van der Waals surface area (Å²) in [4.78, 5) is 11.2. The highest BCUT2D eigenvalue weighted by molar-refractivity contribution is 8.00. The van der Waals surface area contributed by atoms with Gasteiger partial charge in [0, 0.05) is 11.8 Å². The summed E-state index contributed by atoms with van der Waals surface area (Å²) in [6, 6.07) is 3.28. The number of ether oxygens (including phenoxy) is 2. The Balaban J connectivity index is 1.96. The molecule has 0 amide bonds. The lowest BCUT2D eigenvalue weighted by Gasteiger charge is -2.22. The number of thioether (sulfide) groups is 1. The maximum absolute atomic E-state index is 12.6. The molecule has 1 N–H and O–H groups in total. The van der Waals surface area contributed by atoms with Crippen molar-refractivity contribution in [2.75, 3.05) is 24.8 Å². The molecule has 2 heterocycles. The molecule has 1 unspecified atom stereocenters. The molecule has 7 nitrogen and oxygen atoms in total. The Morgan fingerprint density at radius 2 is 2.00 bits per heavy atom. The van der Waals surface area contributed by atoms with Crippen molar-refractivity contribution in [3.05, 3.63) is 18.2 Å². The van der Waals surface area contributed by atoms with Crippen LogP contribution >= 0.6 is 11.8 Å². The summed E-state index contributed by atoms with van der Waals surface area (Å²) in [5, 5.41) is 9.12. The van der Waals surface area contributed by atoms with Crippen molar-refractivity contribution >= 4 is 27.8 Å². The number of carbonyl (C=O) groups is 1. The van der Waals surface area contributed by atoms with Gasteiger partial charge in [-0.1, -0.05) is 0 Å². The molecule has 114 valence electrons. The smallest absolute Gasteiger partial charge is 0.322 e. The van der Waals surface area contributed by atoms with Crippen molar-refractivity contribution in [1.82, 2.24) is 4.31 Å². The Labute approximate surface area is 125 Å². The zero-order valence-electron chi connectivity index (χ0n) is 10.9. The molecule has 2 aliphatic heterocycles. The number of carboxylic acid groups (broad SMARTS) is 1. The van der Waals surface area contributed by atoms with E-state index in [4.69, 9.17) is 14.6 Å². The number of carboxylic acids is 1. The fourth-order valence-corrected chi connectivity index (χ4v) is 5.33. The van der Waals surface area contributed by atoms with E-state index in [9.17, 15) is 13.2 Å². The second-order valence-corrected chi connectivity index (χ2v) is 7.44. The van der Waals surface area contributed by atoms with Gasteiger partial charge >= 0.3 is 5.97 Å². The maximum Gasteiger partial charge on any atom is 0.322 e. The highest BCUT2D eigenvalue weighted by Crippen LogP contribution is 2.35. The molecular formula is C12H13NO6S2. The van der Waals surface area contributed by atoms with Gasteiger partial charge in [-0.3, -0.25) is 4.79 Å². The molecule has 0 spiro atoms. The van der Waals surface area contributed by atoms with Crippen molar-refractivity contribution < 1.29 is 27.8 Å². The predicted octanol–water partition coefficient (Wildman–Crippen LogP) is 0.606. The Morgan fingerprint density at radius 1 is 1.29 bits per heavy atom. The van der Waals surface area contributed by atoms with Crippen LogP contribution in [0.4, 0.5) is 0 Å². The van der Waals surface area contributed by atoms with Crippen LogP contribution in [-0.4, -0.2) is 54.7 Å². The zero-order chi connectivity index (χ0) is 15.0. The van der Waals surface area contributed by atoms with Gasteiger partial charge in [0.15, 0.2) is 11.5 Å². The fraction of sp³-hybridized carbons (Fsp3) is 0.417. The standard InChI is InChI=1S/C12H13NO6S2/c14-12(15)9-6-20-7-13(9)21(16,17)8-1-2-10-11(5-8)19-4-3-18-10/h1-2,5,9H,3-4,6-7H2,(H,14,15). The normalized spacial score (nSPS) is 22.2. The van der Waals surface area contributed by atoms with Gasteiger partial charge in [0.2, 0.25) is 10.0 Å². The van der Waals surface area contributed by atoms with Gasteiger partial charge in [0.25, 0.3) is 0 Å². The zero-order valence-corrected chi connectivity index (χ0v) is 12.5. The van der Waals surface area contributed by atoms with Gasteiger partial charge in [0.05, 0.1) is 10.8 Å². The molecular weight excluding hydrogens is 318 g/mol. The van der Waals surface area contributed by atoms with Crippen molar-refractivity contribution in [2.24, 2.45) is 0 Å². The van der Waals surface area contributed by atoms with Crippen LogP contribution in [0.3, 0.4) is 0 Å². The first-order chi connectivity index (χ1) is 10.00. The topological polar surface area (TPSA) is 93.1 Å². The average molecular weight is 331 g/mol. The summed E-state index contributed by atoms with van der Waals surface area (Å²) in [5.41, 5.74) is 0. The van der Waals surface area contributed by atoms with E-state index >= 15 is 0 Å². The first kappa shape index (κ1) is 14.5. The molecule has 1 fully saturated rings. The Hall–Kier alpha value is -1.45. The lowest BCUT2D eigenvalue weighted by atomic mass is 10.3. The molecule has 1 saturated heterocycles. The number of fused-ring (bicyclic) bond motifs is 1. The number of aliphatic carboxylic acids is 1. The largest absolute Gasteiger partial charge is 0.486 e. The lowest BCUT2D eigenvalue weighted by molar-refractivity contribution is -0.140. The van der Waals surface area contributed by atoms with Crippen LogP contribution < -0.4 is 9.47 Å². The molecule has 2 aliphatic rings. The molecule has 21 heavy (non-hydrogen) atoms. The first-order valence-corrected chi connectivity index (χ1v) is 8.81. The van der Waals surface area contributed by atoms with E-state index in [1.54, 1.807) is 0 Å². The molecule has 0 aliphatic carbocycles. The van der Waals surface area contributed by atoms with Crippen molar-refractivity contribution in [3.8, 4) is 11.5 Å². The summed E-state index contributed by atoms with van der Waals surface area (Å²) in [7, 11) is -3.87. The number of rotatable bonds is 3. The summed E-state index contributed by atoms with van der Waals surface area (Å²) >= 11 is 1.28. The van der Waals surface area contributed by atoms with Gasteiger partial charge in [0.1, 0.15) is 19.3 Å². The molecule has 1 aromatic carbocycles. The number of benzene rings is 1. The van der Waals surface area contributed by atoms with E-state index in [1.165, 1.54) is 30.0 Å². The SMILES string of the molecule is O=C(O)C1CSCN1S(=O)(=O)c1ccc2c(c1)OCCO2. The van der Waals surface area contributed by atoms with Crippen LogP contribution in [-0.2, 0) is 14.8 Å². The second kappa shape index (κ2) is 5.39. The monoisotopic (exact) mass is 331 g/mol. The van der Waals surface area contributed by atoms with Gasteiger partial charge in [-0.15, -0.1) is 11.8 Å². The summed E-state index contributed by atoms with van der Waals surface area (Å²) in [6.45, 7) is 0.775. The van der Waals surface area contributed by atoms with Crippen LogP contribution in [0.25, 0.3) is 0 Å². The van der Waals surface area contributed by atoms with Crippen molar-refractivity contribution in [3.63, 3.8) is 0 Å². The minimum atomic E-state index is -3.87. The minimum Gasteiger partial charge on any atom is -0.486 e. The van der Waals surface area contributed by atoms with Gasteiger partial charge in [-0.2, -0.15) is 4.31 Å². The van der Waals surface area contributed by atoms with Crippen LogP contribution in [0.5, 0.6) is 11.5 Å². The van der Waals surface area contributed by atoms with E-state index in [-0.39, 0.29) is 16.5 Å². The average Bonchev–Trinajstić information content (AvgIpc) is 2.97. The van der Waals surface area contributed by atoms with Gasteiger partial charge in [-0.05, 0) is 12.1 Å². The van der Waals surface area contributed by atoms with E-state index < -0.39 is 22.0 Å².